The van der Waals surface area contributed by atoms with E-state index in [4.69, 9.17) is 0 Å². The van der Waals surface area contributed by atoms with E-state index in [0.29, 0.717) is 0 Å². The summed E-state index contributed by atoms with van der Waals surface area (Å²) >= 11 is 1.57. The van der Waals surface area contributed by atoms with Gasteiger partial charge >= 0.3 is 0 Å². The molecule has 0 saturated carbocycles. The van der Waals surface area contributed by atoms with Crippen LogP contribution in [0.2, 0.25) is 0 Å². The van der Waals surface area contributed by atoms with Gasteiger partial charge in [-0.15, -0.1) is 0 Å². The predicted molar refractivity (Wildman–Crippen MR) is 88.6 cm³/mol. The molecule has 0 bridgehead atoms. The number of carbonyl (C=O) groups excluding carboxylic acids is 1. The Balaban J connectivity index is 1.86. The minimum absolute atomic E-state index is 0.135. The van der Waals surface area contributed by atoms with E-state index >= 15 is 0 Å². The van der Waals surface area contributed by atoms with E-state index in [2.05, 4.69) is 6.07 Å². The monoisotopic (exact) mass is 288 g/mol. The lowest BCUT2D eigenvalue weighted by Gasteiger charge is -2.01. The molecule has 3 aromatic carbocycles. The summed E-state index contributed by atoms with van der Waals surface area (Å²) in [6.07, 6.45) is 1.97. The fourth-order valence-electron chi connectivity index (χ4n) is 2.65. The summed E-state index contributed by atoms with van der Waals surface area (Å²) in [6, 6.07) is 22.2. The average Bonchev–Trinajstić information content (AvgIpc) is 2.85. The van der Waals surface area contributed by atoms with Gasteiger partial charge in [-0.25, -0.2) is 0 Å². The minimum Gasteiger partial charge on any atom is -0.288 e. The Labute approximate surface area is 127 Å². The van der Waals surface area contributed by atoms with Gasteiger partial charge in [0.05, 0.1) is 4.91 Å². The van der Waals surface area contributed by atoms with Gasteiger partial charge in [0.25, 0.3) is 0 Å². The van der Waals surface area contributed by atoms with Crippen LogP contribution in [0.25, 0.3) is 16.8 Å². The van der Waals surface area contributed by atoms with Crippen LogP contribution in [0.15, 0.2) is 76.5 Å². The zero-order valence-corrected chi connectivity index (χ0v) is 12.1. The van der Waals surface area contributed by atoms with Crippen molar-refractivity contribution in [1.82, 2.24) is 0 Å². The first-order valence-electron chi connectivity index (χ1n) is 6.84. The van der Waals surface area contributed by atoms with Crippen molar-refractivity contribution in [2.75, 3.05) is 0 Å². The van der Waals surface area contributed by atoms with Crippen LogP contribution in [0.3, 0.4) is 0 Å². The second-order valence-electron chi connectivity index (χ2n) is 5.01. The summed E-state index contributed by atoms with van der Waals surface area (Å²) in [7, 11) is 0. The first kappa shape index (κ1) is 12.4. The molecule has 0 radical (unpaired) electrons. The average molecular weight is 288 g/mol. The van der Waals surface area contributed by atoms with Crippen LogP contribution < -0.4 is 0 Å². The highest BCUT2D eigenvalue weighted by Gasteiger charge is 2.27. The largest absolute Gasteiger partial charge is 0.288 e. The molecule has 0 unspecified atom stereocenters. The molecule has 1 aliphatic heterocycles. The fraction of sp³-hybridized carbons (Fsp3) is 0. The van der Waals surface area contributed by atoms with E-state index in [-0.39, 0.29) is 5.78 Å². The zero-order chi connectivity index (χ0) is 14.2. The van der Waals surface area contributed by atoms with E-state index in [1.807, 2.05) is 66.7 Å². The molecular formula is C19H12OS. The lowest BCUT2D eigenvalue weighted by molar-refractivity contribution is 0.104. The third-order valence-corrected chi connectivity index (χ3v) is 4.74. The maximum Gasteiger partial charge on any atom is 0.201 e. The van der Waals surface area contributed by atoms with Crippen molar-refractivity contribution in [2.45, 2.75) is 4.90 Å². The molecule has 2 heteroatoms. The van der Waals surface area contributed by atoms with E-state index in [1.54, 1.807) is 11.8 Å². The SMILES string of the molecule is O=C1C(=Cc2ccccc2)Sc2ccc3ccccc3c21. The summed E-state index contributed by atoms with van der Waals surface area (Å²) < 4.78 is 0. The van der Waals surface area contributed by atoms with Crippen LogP contribution in [0, 0.1) is 0 Å². The minimum atomic E-state index is 0.135. The molecule has 0 spiro atoms. The van der Waals surface area contributed by atoms with Gasteiger partial charge in [0.15, 0.2) is 0 Å². The van der Waals surface area contributed by atoms with Gasteiger partial charge in [0.1, 0.15) is 0 Å². The maximum atomic E-state index is 12.7. The topological polar surface area (TPSA) is 17.1 Å². The van der Waals surface area contributed by atoms with Gasteiger partial charge < -0.3 is 0 Å². The summed E-state index contributed by atoms with van der Waals surface area (Å²) in [6.45, 7) is 0. The lowest BCUT2D eigenvalue weighted by Crippen LogP contribution is -1.95. The fourth-order valence-corrected chi connectivity index (χ4v) is 3.72. The summed E-state index contributed by atoms with van der Waals surface area (Å²) in [5.41, 5.74) is 1.91. The van der Waals surface area contributed by atoms with Gasteiger partial charge in [0.2, 0.25) is 5.78 Å². The summed E-state index contributed by atoms with van der Waals surface area (Å²) in [5.74, 6) is 0.135. The highest BCUT2D eigenvalue weighted by Crippen LogP contribution is 2.43. The smallest absolute Gasteiger partial charge is 0.201 e. The lowest BCUT2D eigenvalue weighted by atomic mass is 10.0. The quantitative estimate of drug-likeness (QED) is 0.575. The number of hydrogen-bond donors (Lipinski definition) is 0. The van der Waals surface area contributed by atoms with Crippen LogP contribution in [0.4, 0.5) is 0 Å². The molecule has 0 fully saturated rings. The van der Waals surface area contributed by atoms with Crippen LogP contribution in [0.5, 0.6) is 0 Å². The number of benzene rings is 3. The standard InChI is InChI=1S/C19H12OS/c20-19-17(12-13-6-2-1-3-7-13)21-16-11-10-14-8-4-5-9-15(14)18(16)19/h1-12H. The van der Waals surface area contributed by atoms with Crippen LogP contribution in [-0.2, 0) is 0 Å². The Hall–Kier alpha value is -2.32. The Kier molecular flexibility index (Phi) is 2.90. The Morgan fingerprint density at radius 1 is 0.810 bits per heavy atom. The predicted octanol–water partition coefficient (Wildman–Crippen LogP) is 5.17. The molecule has 4 rings (SSSR count). The van der Waals surface area contributed by atoms with Gasteiger partial charge in [0, 0.05) is 10.5 Å². The van der Waals surface area contributed by atoms with Crippen LogP contribution in [-0.4, -0.2) is 5.78 Å². The van der Waals surface area contributed by atoms with E-state index < -0.39 is 0 Å². The molecule has 0 aromatic heterocycles. The molecular weight excluding hydrogens is 276 g/mol. The molecule has 0 amide bonds. The summed E-state index contributed by atoms with van der Waals surface area (Å²) in [5, 5.41) is 2.16. The van der Waals surface area contributed by atoms with E-state index in [1.165, 1.54) is 0 Å². The number of carbonyl (C=O) groups is 1. The van der Waals surface area contributed by atoms with Crippen LogP contribution in [0.1, 0.15) is 15.9 Å². The second kappa shape index (κ2) is 4.90. The normalized spacial score (nSPS) is 15.6. The van der Waals surface area contributed by atoms with Crippen molar-refractivity contribution in [3.8, 4) is 0 Å². The molecule has 0 N–H and O–H groups in total. The third kappa shape index (κ3) is 2.08. The Morgan fingerprint density at radius 3 is 2.43 bits per heavy atom. The Bertz CT molecular complexity index is 878. The number of Topliss-reactive ketones (excluding diaryl/α,β-unsaturated/α-hetero) is 1. The van der Waals surface area contributed by atoms with Crippen molar-refractivity contribution in [3.05, 3.63) is 82.8 Å². The van der Waals surface area contributed by atoms with Crippen LogP contribution >= 0.6 is 11.8 Å². The Morgan fingerprint density at radius 2 is 1.57 bits per heavy atom. The van der Waals surface area contributed by atoms with Crippen molar-refractivity contribution >= 4 is 34.4 Å². The molecule has 1 heterocycles. The zero-order valence-electron chi connectivity index (χ0n) is 11.2. The number of rotatable bonds is 1. The number of ketones is 1. The second-order valence-corrected chi connectivity index (χ2v) is 6.09. The van der Waals surface area contributed by atoms with Gasteiger partial charge in [-0.1, -0.05) is 72.4 Å². The first-order chi connectivity index (χ1) is 10.3. The van der Waals surface area contributed by atoms with Gasteiger partial charge in [-0.3, -0.25) is 4.79 Å². The van der Waals surface area contributed by atoms with Crippen molar-refractivity contribution < 1.29 is 4.79 Å². The summed E-state index contributed by atoms with van der Waals surface area (Å²) in [4.78, 5) is 14.6. The van der Waals surface area contributed by atoms with Gasteiger partial charge in [-0.2, -0.15) is 0 Å². The molecule has 100 valence electrons. The van der Waals surface area contributed by atoms with E-state index in [0.717, 1.165) is 31.7 Å². The number of fused-ring (bicyclic) bond motifs is 3. The van der Waals surface area contributed by atoms with Crippen molar-refractivity contribution in [2.24, 2.45) is 0 Å². The molecule has 0 atom stereocenters. The molecule has 1 nitrogen and oxygen atoms in total. The molecule has 1 aliphatic rings. The van der Waals surface area contributed by atoms with Crippen molar-refractivity contribution in [1.29, 1.82) is 0 Å². The van der Waals surface area contributed by atoms with Gasteiger partial charge in [-0.05, 0) is 28.5 Å². The maximum absolute atomic E-state index is 12.7. The number of thioether (sulfide) groups is 1. The first-order valence-corrected chi connectivity index (χ1v) is 7.65. The number of hydrogen-bond acceptors (Lipinski definition) is 2. The highest BCUT2D eigenvalue weighted by molar-refractivity contribution is 8.04. The number of allylic oxidation sites excluding steroid dienone is 1. The molecule has 21 heavy (non-hydrogen) atoms. The van der Waals surface area contributed by atoms with E-state index in [9.17, 15) is 4.79 Å². The highest BCUT2D eigenvalue weighted by atomic mass is 32.2. The molecule has 0 saturated heterocycles. The van der Waals surface area contributed by atoms with Crippen molar-refractivity contribution in [3.63, 3.8) is 0 Å². The third-order valence-electron chi connectivity index (χ3n) is 3.66. The molecule has 0 aliphatic carbocycles. The molecule has 3 aromatic rings.